The average molecular weight is 520 g/mol. The highest BCUT2D eigenvalue weighted by Gasteiger charge is 2.20. The maximum Gasteiger partial charge on any atom is 0.250 e. The molecule has 0 radical (unpaired) electrons. The summed E-state index contributed by atoms with van der Waals surface area (Å²) < 4.78 is 24.5. The summed E-state index contributed by atoms with van der Waals surface area (Å²) in [5.74, 6) is 2.76. The fourth-order valence-corrected chi connectivity index (χ4v) is 4.66. The Morgan fingerprint density at radius 1 is 0.842 bits per heavy atom. The van der Waals surface area contributed by atoms with Gasteiger partial charge in [0, 0.05) is 26.2 Å². The molecule has 200 valence electrons. The second kappa shape index (κ2) is 12.5. The monoisotopic (exact) mass is 519 g/mol. The number of ether oxygens (including phenoxy) is 2. The number of nitrogens with one attached hydrogen (secondary N) is 1. The molecule has 2 aliphatic heterocycles. The van der Waals surface area contributed by atoms with Crippen LogP contribution in [0.15, 0.2) is 47.6 Å². The van der Waals surface area contributed by atoms with Crippen molar-refractivity contribution in [2.24, 2.45) is 5.10 Å². The standard InChI is InChI=1S/C28H34FN7O2/c1-37-25-18-22(10-13-24(25)38-20-21-8-11-23(29)12-9-21)19-30-34-26-31-27(35-14-4-2-5-15-35)33-28(32-26)36-16-6-3-7-17-36/h8-13,18-19H,2-7,14-17,20H2,1H3,(H,31,32,33,34)/b30-19+. The second-order valence-electron chi connectivity index (χ2n) is 9.55. The largest absolute Gasteiger partial charge is 0.493 e. The van der Waals surface area contributed by atoms with Crippen molar-refractivity contribution in [3.8, 4) is 11.5 Å². The van der Waals surface area contributed by atoms with Gasteiger partial charge in [0.15, 0.2) is 11.5 Å². The van der Waals surface area contributed by atoms with Crippen LogP contribution in [0.5, 0.6) is 11.5 Å². The minimum absolute atomic E-state index is 0.272. The zero-order valence-corrected chi connectivity index (χ0v) is 21.8. The molecule has 2 saturated heterocycles. The molecule has 0 atom stereocenters. The van der Waals surface area contributed by atoms with Gasteiger partial charge in [0.2, 0.25) is 17.8 Å². The number of hydrogen-bond acceptors (Lipinski definition) is 9. The predicted molar refractivity (Wildman–Crippen MR) is 147 cm³/mol. The number of methoxy groups -OCH3 is 1. The van der Waals surface area contributed by atoms with Gasteiger partial charge in [-0.15, -0.1) is 0 Å². The van der Waals surface area contributed by atoms with Gasteiger partial charge in [0.05, 0.1) is 13.3 Å². The Bertz CT molecular complexity index is 1190. The van der Waals surface area contributed by atoms with E-state index < -0.39 is 0 Å². The van der Waals surface area contributed by atoms with Crippen LogP contribution in [0.25, 0.3) is 0 Å². The maximum atomic E-state index is 13.1. The molecular formula is C28H34FN7O2. The third-order valence-corrected chi connectivity index (χ3v) is 6.76. The summed E-state index contributed by atoms with van der Waals surface area (Å²) in [6.45, 7) is 4.15. The van der Waals surface area contributed by atoms with E-state index in [-0.39, 0.29) is 5.82 Å². The maximum absolute atomic E-state index is 13.1. The molecule has 9 nitrogen and oxygen atoms in total. The lowest BCUT2D eigenvalue weighted by atomic mass is 10.1. The Kier molecular flexibility index (Phi) is 8.47. The summed E-state index contributed by atoms with van der Waals surface area (Å²) in [5.41, 5.74) is 4.70. The van der Waals surface area contributed by atoms with Crippen LogP contribution in [0.3, 0.4) is 0 Å². The van der Waals surface area contributed by atoms with Crippen molar-refractivity contribution in [1.29, 1.82) is 0 Å². The number of aromatic nitrogens is 3. The van der Waals surface area contributed by atoms with E-state index in [0.29, 0.717) is 36.0 Å². The molecule has 0 unspecified atom stereocenters. The fraction of sp³-hybridized carbons (Fsp3) is 0.429. The van der Waals surface area contributed by atoms with E-state index in [1.807, 2.05) is 18.2 Å². The van der Waals surface area contributed by atoms with Gasteiger partial charge < -0.3 is 19.3 Å². The summed E-state index contributed by atoms with van der Waals surface area (Å²) in [4.78, 5) is 18.6. The summed E-state index contributed by atoms with van der Waals surface area (Å²) in [7, 11) is 1.59. The van der Waals surface area contributed by atoms with Crippen LogP contribution in [0.2, 0.25) is 0 Å². The molecule has 0 bridgehead atoms. The van der Waals surface area contributed by atoms with Crippen LogP contribution in [-0.4, -0.2) is 54.5 Å². The number of hydrazone groups is 1. The number of halogens is 1. The summed E-state index contributed by atoms with van der Waals surface area (Å²) in [6.07, 6.45) is 8.78. The highest BCUT2D eigenvalue weighted by atomic mass is 19.1. The lowest BCUT2D eigenvalue weighted by Gasteiger charge is -2.30. The van der Waals surface area contributed by atoms with E-state index in [1.165, 1.54) is 25.0 Å². The van der Waals surface area contributed by atoms with Crippen molar-refractivity contribution in [3.63, 3.8) is 0 Å². The van der Waals surface area contributed by atoms with E-state index in [4.69, 9.17) is 14.5 Å². The van der Waals surface area contributed by atoms with Gasteiger partial charge in [-0.05, 0) is 80.0 Å². The predicted octanol–water partition coefficient (Wildman–Crippen LogP) is 5.02. The lowest BCUT2D eigenvalue weighted by molar-refractivity contribution is 0.284. The van der Waals surface area contributed by atoms with E-state index >= 15 is 0 Å². The average Bonchev–Trinajstić information content (AvgIpc) is 2.98. The summed E-state index contributed by atoms with van der Waals surface area (Å²) in [5, 5.41) is 4.39. The number of piperidine rings is 2. The Labute approximate surface area is 222 Å². The molecule has 0 amide bonds. The van der Waals surface area contributed by atoms with Gasteiger partial charge in [-0.3, -0.25) is 0 Å². The molecule has 10 heteroatoms. The van der Waals surface area contributed by atoms with E-state index in [9.17, 15) is 4.39 Å². The molecule has 2 aliphatic rings. The molecule has 1 N–H and O–H groups in total. The van der Waals surface area contributed by atoms with Crippen LogP contribution < -0.4 is 24.7 Å². The van der Waals surface area contributed by atoms with Crippen molar-refractivity contribution < 1.29 is 13.9 Å². The summed E-state index contributed by atoms with van der Waals surface area (Å²) >= 11 is 0. The first-order chi connectivity index (χ1) is 18.7. The highest BCUT2D eigenvalue weighted by molar-refractivity contribution is 5.81. The number of nitrogens with zero attached hydrogens (tertiary/aromatic N) is 6. The molecule has 38 heavy (non-hydrogen) atoms. The van der Waals surface area contributed by atoms with Gasteiger partial charge in [-0.1, -0.05) is 12.1 Å². The molecule has 2 fully saturated rings. The lowest BCUT2D eigenvalue weighted by Crippen LogP contribution is -2.34. The molecular weight excluding hydrogens is 485 g/mol. The van der Waals surface area contributed by atoms with Crippen molar-refractivity contribution >= 4 is 24.1 Å². The van der Waals surface area contributed by atoms with E-state index in [0.717, 1.165) is 63.0 Å². The number of benzene rings is 2. The Morgan fingerprint density at radius 3 is 2.08 bits per heavy atom. The molecule has 0 aliphatic carbocycles. The fourth-order valence-electron chi connectivity index (χ4n) is 4.66. The summed E-state index contributed by atoms with van der Waals surface area (Å²) in [6, 6.07) is 11.8. The van der Waals surface area contributed by atoms with E-state index in [2.05, 4.69) is 30.3 Å². The van der Waals surface area contributed by atoms with Crippen LogP contribution in [0.1, 0.15) is 49.7 Å². The first-order valence-corrected chi connectivity index (χ1v) is 13.3. The number of hydrogen-bond donors (Lipinski definition) is 1. The molecule has 0 saturated carbocycles. The van der Waals surface area contributed by atoms with Gasteiger partial charge >= 0.3 is 0 Å². The molecule has 3 heterocycles. The molecule has 2 aromatic carbocycles. The normalized spacial score (nSPS) is 16.1. The van der Waals surface area contributed by atoms with Gasteiger partial charge in [0.1, 0.15) is 12.4 Å². The van der Waals surface area contributed by atoms with Crippen LogP contribution in [-0.2, 0) is 6.61 Å². The van der Waals surface area contributed by atoms with Crippen LogP contribution in [0.4, 0.5) is 22.2 Å². The van der Waals surface area contributed by atoms with Crippen molar-refractivity contribution in [2.75, 3.05) is 48.5 Å². The van der Waals surface area contributed by atoms with E-state index in [1.54, 1.807) is 25.5 Å². The smallest absolute Gasteiger partial charge is 0.250 e. The van der Waals surface area contributed by atoms with Crippen molar-refractivity contribution in [3.05, 3.63) is 59.4 Å². The molecule has 5 rings (SSSR count). The Balaban J connectivity index is 1.28. The first-order valence-electron chi connectivity index (χ1n) is 13.3. The van der Waals surface area contributed by atoms with Crippen molar-refractivity contribution in [2.45, 2.75) is 45.1 Å². The highest BCUT2D eigenvalue weighted by Crippen LogP contribution is 2.28. The minimum atomic E-state index is -0.272. The van der Waals surface area contributed by atoms with Crippen LogP contribution in [0, 0.1) is 5.82 Å². The number of rotatable bonds is 9. The zero-order chi connectivity index (χ0) is 26.2. The first kappa shape index (κ1) is 25.7. The second-order valence-corrected chi connectivity index (χ2v) is 9.55. The third-order valence-electron chi connectivity index (χ3n) is 6.76. The molecule has 3 aromatic rings. The topological polar surface area (TPSA) is 88.0 Å². The minimum Gasteiger partial charge on any atom is -0.493 e. The third kappa shape index (κ3) is 6.67. The Morgan fingerprint density at radius 2 is 1.47 bits per heavy atom. The quantitative estimate of drug-likeness (QED) is 0.311. The SMILES string of the molecule is COc1cc(/C=N/Nc2nc(N3CCCCC3)nc(N3CCCCC3)n2)ccc1OCc1ccc(F)cc1. The zero-order valence-electron chi connectivity index (χ0n) is 21.8. The van der Waals surface area contributed by atoms with Gasteiger partial charge in [0.25, 0.3) is 0 Å². The number of anilines is 3. The van der Waals surface area contributed by atoms with Gasteiger partial charge in [-0.25, -0.2) is 9.82 Å². The molecule has 1 aromatic heterocycles. The van der Waals surface area contributed by atoms with Crippen molar-refractivity contribution in [1.82, 2.24) is 15.0 Å². The molecule has 0 spiro atoms. The van der Waals surface area contributed by atoms with Crippen LogP contribution >= 0.6 is 0 Å². The van der Waals surface area contributed by atoms with Gasteiger partial charge in [-0.2, -0.15) is 20.1 Å². The Hall–Kier alpha value is -3.95.